The number of aliphatic carboxylic acids is 1. The van der Waals surface area contributed by atoms with Crippen molar-refractivity contribution in [3.63, 3.8) is 0 Å². The van der Waals surface area contributed by atoms with Gasteiger partial charge in [-0.2, -0.15) is 0 Å². The molecule has 1 heterocycles. The second-order valence-corrected chi connectivity index (χ2v) is 3.87. The van der Waals surface area contributed by atoms with Crippen LogP contribution in [0.3, 0.4) is 0 Å². The number of carboxylic acids is 1. The van der Waals surface area contributed by atoms with E-state index in [4.69, 9.17) is 9.84 Å². The van der Waals surface area contributed by atoms with Crippen molar-refractivity contribution in [2.24, 2.45) is 0 Å². The van der Waals surface area contributed by atoms with E-state index in [1.54, 1.807) is 29.0 Å². The predicted octanol–water partition coefficient (Wildman–Crippen LogP) is 1.48. The van der Waals surface area contributed by atoms with Crippen LogP contribution < -0.4 is 10.2 Å². The maximum Gasteiger partial charge on any atom is 0.305 e. The van der Waals surface area contributed by atoms with E-state index in [2.05, 4.69) is 0 Å². The molecule has 18 heavy (non-hydrogen) atoms. The second kappa shape index (κ2) is 4.91. The molecule has 0 saturated carbocycles. The van der Waals surface area contributed by atoms with Gasteiger partial charge in [0.2, 0.25) is 0 Å². The third kappa shape index (κ3) is 2.20. The van der Waals surface area contributed by atoms with Gasteiger partial charge in [0, 0.05) is 24.2 Å². The minimum Gasteiger partial charge on any atom is -0.495 e. The van der Waals surface area contributed by atoms with Crippen LogP contribution in [0.2, 0.25) is 0 Å². The Kier molecular flexibility index (Phi) is 3.32. The van der Waals surface area contributed by atoms with Crippen molar-refractivity contribution in [2.75, 3.05) is 7.11 Å². The van der Waals surface area contributed by atoms with Crippen LogP contribution in [0.25, 0.3) is 10.9 Å². The van der Waals surface area contributed by atoms with E-state index in [1.165, 1.54) is 13.2 Å². The molecule has 0 atom stereocenters. The quantitative estimate of drug-likeness (QED) is 0.888. The van der Waals surface area contributed by atoms with Crippen molar-refractivity contribution in [3.05, 3.63) is 40.7 Å². The summed E-state index contributed by atoms with van der Waals surface area (Å²) in [5.74, 6) is -0.313. The van der Waals surface area contributed by atoms with Crippen molar-refractivity contribution < 1.29 is 14.6 Å². The molecule has 0 aliphatic rings. The Morgan fingerprint density at radius 3 is 2.83 bits per heavy atom. The summed E-state index contributed by atoms with van der Waals surface area (Å²) in [7, 11) is 1.52. The number of fused-ring (bicyclic) bond motifs is 1. The summed E-state index contributed by atoms with van der Waals surface area (Å²) >= 11 is 0. The number of nitrogens with zero attached hydrogens (tertiary/aromatic N) is 1. The standard InChI is InChI=1S/C13H13NO4/c1-18-11-4-2-3-9-10(15)5-7-14(13(9)11)8-6-12(16)17/h2-5,7H,6,8H2,1H3,(H,16,17). The molecule has 5 heteroatoms. The van der Waals surface area contributed by atoms with E-state index in [0.29, 0.717) is 23.2 Å². The van der Waals surface area contributed by atoms with Crippen molar-refractivity contribution in [1.82, 2.24) is 4.57 Å². The zero-order valence-electron chi connectivity index (χ0n) is 9.92. The smallest absolute Gasteiger partial charge is 0.305 e. The lowest BCUT2D eigenvalue weighted by Gasteiger charge is -2.12. The van der Waals surface area contributed by atoms with Gasteiger partial charge in [-0.3, -0.25) is 9.59 Å². The molecule has 0 saturated heterocycles. The van der Waals surface area contributed by atoms with Crippen molar-refractivity contribution >= 4 is 16.9 Å². The van der Waals surface area contributed by atoms with E-state index >= 15 is 0 Å². The predicted molar refractivity (Wildman–Crippen MR) is 67.0 cm³/mol. The van der Waals surface area contributed by atoms with Crippen LogP contribution in [0.15, 0.2) is 35.3 Å². The third-order valence-electron chi connectivity index (χ3n) is 2.74. The summed E-state index contributed by atoms with van der Waals surface area (Å²) in [4.78, 5) is 22.4. The van der Waals surface area contributed by atoms with Gasteiger partial charge in [-0.1, -0.05) is 6.07 Å². The Balaban J connectivity index is 2.62. The van der Waals surface area contributed by atoms with Gasteiger partial charge in [-0.05, 0) is 12.1 Å². The van der Waals surface area contributed by atoms with E-state index in [-0.39, 0.29) is 11.8 Å². The zero-order valence-corrected chi connectivity index (χ0v) is 9.92. The van der Waals surface area contributed by atoms with Crippen LogP contribution >= 0.6 is 0 Å². The Morgan fingerprint density at radius 1 is 1.39 bits per heavy atom. The highest BCUT2D eigenvalue weighted by Crippen LogP contribution is 2.23. The Labute approximate surface area is 103 Å². The first-order chi connectivity index (χ1) is 8.63. The van der Waals surface area contributed by atoms with E-state index in [0.717, 1.165) is 0 Å². The number of para-hydroxylation sites is 1. The fraction of sp³-hybridized carbons (Fsp3) is 0.231. The number of rotatable bonds is 4. The number of ether oxygens (including phenoxy) is 1. The Hall–Kier alpha value is -2.30. The van der Waals surface area contributed by atoms with Crippen molar-refractivity contribution in [1.29, 1.82) is 0 Å². The summed E-state index contributed by atoms with van der Waals surface area (Å²) in [5, 5.41) is 9.25. The minimum atomic E-state index is -0.878. The molecule has 1 N–H and O–H groups in total. The molecule has 0 aliphatic carbocycles. The highest BCUT2D eigenvalue weighted by Gasteiger charge is 2.09. The molecule has 0 fully saturated rings. The maximum absolute atomic E-state index is 11.8. The number of methoxy groups -OCH3 is 1. The van der Waals surface area contributed by atoms with Gasteiger partial charge in [0.1, 0.15) is 5.75 Å². The lowest BCUT2D eigenvalue weighted by atomic mass is 10.2. The van der Waals surface area contributed by atoms with E-state index in [1.807, 2.05) is 0 Å². The summed E-state index contributed by atoms with van der Waals surface area (Å²) < 4.78 is 6.95. The molecule has 5 nitrogen and oxygen atoms in total. The maximum atomic E-state index is 11.8. The van der Waals surface area contributed by atoms with Crippen LogP contribution in [0.4, 0.5) is 0 Å². The number of carbonyl (C=O) groups is 1. The second-order valence-electron chi connectivity index (χ2n) is 3.87. The molecule has 2 aromatic rings. The Bertz CT molecular complexity index is 645. The van der Waals surface area contributed by atoms with Crippen LogP contribution in [0.5, 0.6) is 5.75 Å². The summed E-state index contributed by atoms with van der Waals surface area (Å²) in [6.45, 7) is 0.298. The first-order valence-corrected chi connectivity index (χ1v) is 5.51. The molecule has 0 aliphatic heterocycles. The summed E-state index contributed by atoms with van der Waals surface area (Å²) in [6.07, 6.45) is 1.59. The van der Waals surface area contributed by atoms with Crippen molar-refractivity contribution in [2.45, 2.75) is 13.0 Å². The molecule has 2 rings (SSSR count). The highest BCUT2D eigenvalue weighted by molar-refractivity contribution is 5.85. The van der Waals surface area contributed by atoms with Gasteiger partial charge in [-0.25, -0.2) is 0 Å². The summed E-state index contributed by atoms with van der Waals surface area (Å²) in [6, 6.07) is 6.63. The first kappa shape index (κ1) is 12.2. The molecular formula is C13H13NO4. The fourth-order valence-electron chi connectivity index (χ4n) is 1.91. The van der Waals surface area contributed by atoms with Gasteiger partial charge < -0.3 is 14.4 Å². The topological polar surface area (TPSA) is 68.5 Å². The number of aromatic nitrogens is 1. The first-order valence-electron chi connectivity index (χ1n) is 5.51. The minimum absolute atomic E-state index is 0.00395. The normalized spacial score (nSPS) is 10.5. The van der Waals surface area contributed by atoms with Gasteiger partial charge in [0.05, 0.1) is 19.0 Å². The molecule has 0 bridgehead atoms. The van der Waals surface area contributed by atoms with Gasteiger partial charge >= 0.3 is 5.97 Å². The van der Waals surface area contributed by atoms with Crippen LogP contribution in [-0.4, -0.2) is 22.8 Å². The molecule has 0 spiro atoms. The molecule has 1 aromatic heterocycles. The van der Waals surface area contributed by atoms with Gasteiger partial charge in [0.25, 0.3) is 0 Å². The van der Waals surface area contributed by atoms with E-state index in [9.17, 15) is 9.59 Å². The number of carboxylic acid groups (broad SMARTS) is 1. The number of aryl methyl sites for hydroxylation is 1. The molecule has 94 valence electrons. The lowest BCUT2D eigenvalue weighted by molar-refractivity contribution is -0.137. The monoisotopic (exact) mass is 247 g/mol. The number of pyridine rings is 1. The van der Waals surface area contributed by atoms with Crippen molar-refractivity contribution in [3.8, 4) is 5.75 Å². The number of hydrogen-bond acceptors (Lipinski definition) is 3. The van der Waals surface area contributed by atoms with Crippen LogP contribution in [0.1, 0.15) is 6.42 Å². The number of hydrogen-bond donors (Lipinski definition) is 1. The molecule has 0 unspecified atom stereocenters. The summed E-state index contributed by atoms with van der Waals surface area (Å²) in [5.41, 5.74) is 0.532. The lowest BCUT2D eigenvalue weighted by Crippen LogP contribution is -2.11. The molecule has 0 radical (unpaired) electrons. The largest absolute Gasteiger partial charge is 0.495 e. The highest BCUT2D eigenvalue weighted by atomic mass is 16.5. The SMILES string of the molecule is COc1cccc2c(=O)ccn(CCC(=O)O)c12. The number of benzene rings is 1. The molecule has 0 amide bonds. The average molecular weight is 247 g/mol. The van der Waals surface area contributed by atoms with Crippen LogP contribution in [0, 0.1) is 0 Å². The van der Waals surface area contributed by atoms with Gasteiger partial charge in [-0.15, -0.1) is 0 Å². The van der Waals surface area contributed by atoms with E-state index < -0.39 is 5.97 Å². The third-order valence-corrected chi connectivity index (χ3v) is 2.74. The zero-order chi connectivity index (χ0) is 13.1. The average Bonchev–Trinajstić information content (AvgIpc) is 2.37. The van der Waals surface area contributed by atoms with Crippen LogP contribution in [-0.2, 0) is 11.3 Å². The fourth-order valence-corrected chi connectivity index (χ4v) is 1.91. The van der Waals surface area contributed by atoms with Gasteiger partial charge in [0.15, 0.2) is 5.43 Å². The molecular weight excluding hydrogens is 234 g/mol. The Morgan fingerprint density at radius 2 is 2.17 bits per heavy atom. The molecule has 1 aromatic carbocycles.